The van der Waals surface area contributed by atoms with Crippen molar-refractivity contribution in [1.29, 1.82) is 0 Å². The lowest BCUT2D eigenvalue weighted by atomic mass is 9.90. The first-order valence-corrected chi connectivity index (χ1v) is 7.63. The van der Waals surface area contributed by atoms with Crippen molar-refractivity contribution in [3.8, 4) is 0 Å². The Kier molecular flexibility index (Phi) is 5.51. The molecule has 1 aromatic rings. The molecule has 0 spiro atoms. The van der Waals surface area contributed by atoms with Crippen LogP contribution < -0.4 is 11.1 Å². The highest BCUT2D eigenvalue weighted by Gasteiger charge is 2.22. The van der Waals surface area contributed by atoms with Gasteiger partial charge in [-0.15, -0.1) is 0 Å². The summed E-state index contributed by atoms with van der Waals surface area (Å²) in [5.41, 5.74) is 7.02. The lowest BCUT2D eigenvalue weighted by molar-refractivity contribution is -0.116. The molecule has 0 heterocycles. The van der Waals surface area contributed by atoms with Crippen molar-refractivity contribution in [2.75, 3.05) is 11.9 Å². The third kappa shape index (κ3) is 4.18. The van der Waals surface area contributed by atoms with Gasteiger partial charge in [0.15, 0.2) is 0 Å². The first kappa shape index (κ1) is 16.7. The van der Waals surface area contributed by atoms with Crippen molar-refractivity contribution in [1.82, 2.24) is 0 Å². The van der Waals surface area contributed by atoms with Crippen molar-refractivity contribution in [2.45, 2.75) is 32.6 Å². The Balaban J connectivity index is 2.18. The van der Waals surface area contributed by atoms with Crippen LogP contribution in [0.25, 0.3) is 0 Å². The quantitative estimate of drug-likeness (QED) is 0.813. The van der Waals surface area contributed by atoms with Crippen molar-refractivity contribution in [3.63, 3.8) is 0 Å². The predicted octanol–water partition coefficient (Wildman–Crippen LogP) is 2.16. The number of ether oxygens (including phenoxy) is 1. The SMILES string of the molecule is CCOC(=O)c1cccc(NC(=O)C2=C(C(N)=O)CCCC2)c1. The van der Waals surface area contributed by atoms with E-state index in [1.807, 2.05) is 0 Å². The molecule has 3 N–H and O–H groups in total. The van der Waals surface area contributed by atoms with Crippen LogP contribution >= 0.6 is 0 Å². The summed E-state index contributed by atoms with van der Waals surface area (Å²) >= 11 is 0. The summed E-state index contributed by atoms with van der Waals surface area (Å²) in [5, 5.41) is 2.72. The number of rotatable bonds is 5. The lowest BCUT2D eigenvalue weighted by Gasteiger charge is -2.18. The van der Waals surface area contributed by atoms with Gasteiger partial charge in [-0.25, -0.2) is 4.79 Å². The normalized spacial score (nSPS) is 14.3. The number of hydrogen-bond donors (Lipinski definition) is 2. The molecule has 0 radical (unpaired) electrons. The van der Waals surface area contributed by atoms with Gasteiger partial charge in [0.2, 0.25) is 5.91 Å². The summed E-state index contributed by atoms with van der Waals surface area (Å²) in [7, 11) is 0. The summed E-state index contributed by atoms with van der Waals surface area (Å²) in [4.78, 5) is 35.6. The van der Waals surface area contributed by atoms with E-state index in [1.165, 1.54) is 0 Å². The number of nitrogens with two attached hydrogens (primary N) is 1. The van der Waals surface area contributed by atoms with Gasteiger partial charge >= 0.3 is 5.97 Å². The summed E-state index contributed by atoms with van der Waals surface area (Å²) in [5.74, 6) is -1.34. The van der Waals surface area contributed by atoms with Crippen LogP contribution in [0.4, 0.5) is 5.69 Å². The molecule has 2 amide bonds. The number of carbonyl (C=O) groups excluding carboxylic acids is 3. The van der Waals surface area contributed by atoms with Crippen LogP contribution in [0.1, 0.15) is 43.0 Å². The fraction of sp³-hybridized carbons (Fsp3) is 0.353. The maximum Gasteiger partial charge on any atom is 0.338 e. The molecule has 122 valence electrons. The van der Waals surface area contributed by atoms with E-state index in [9.17, 15) is 14.4 Å². The van der Waals surface area contributed by atoms with Crippen LogP contribution in [0.5, 0.6) is 0 Å². The summed E-state index contributed by atoms with van der Waals surface area (Å²) in [6, 6.07) is 6.49. The molecule has 0 unspecified atom stereocenters. The number of amides is 2. The standard InChI is InChI=1S/C17H20N2O4/c1-2-23-17(22)11-6-5-7-12(10-11)19-16(21)14-9-4-3-8-13(14)15(18)20/h5-7,10H,2-4,8-9H2,1H3,(H2,18,20)(H,19,21). The Bertz CT molecular complexity index is 664. The molecule has 0 saturated heterocycles. The molecule has 23 heavy (non-hydrogen) atoms. The van der Waals surface area contributed by atoms with Gasteiger partial charge in [0.1, 0.15) is 0 Å². The van der Waals surface area contributed by atoms with Gasteiger partial charge in [0.25, 0.3) is 5.91 Å². The van der Waals surface area contributed by atoms with Crippen molar-refractivity contribution in [3.05, 3.63) is 41.0 Å². The van der Waals surface area contributed by atoms with Crippen molar-refractivity contribution in [2.24, 2.45) is 5.73 Å². The minimum atomic E-state index is -0.546. The third-order valence-corrected chi connectivity index (χ3v) is 3.67. The average Bonchev–Trinajstić information content (AvgIpc) is 2.55. The highest BCUT2D eigenvalue weighted by atomic mass is 16.5. The van der Waals surface area contributed by atoms with Crippen molar-refractivity contribution < 1.29 is 19.1 Å². The number of anilines is 1. The number of hydrogen-bond acceptors (Lipinski definition) is 4. The molecule has 0 aliphatic heterocycles. The molecular weight excluding hydrogens is 296 g/mol. The smallest absolute Gasteiger partial charge is 0.338 e. The van der Waals surface area contributed by atoms with Crippen LogP contribution in [-0.2, 0) is 14.3 Å². The Morgan fingerprint density at radius 1 is 1.17 bits per heavy atom. The second kappa shape index (κ2) is 7.58. The zero-order valence-electron chi connectivity index (χ0n) is 13.1. The van der Waals surface area contributed by atoms with Gasteiger partial charge in [0, 0.05) is 16.8 Å². The molecule has 2 rings (SSSR count). The van der Waals surface area contributed by atoms with Crippen LogP contribution in [0.2, 0.25) is 0 Å². The summed E-state index contributed by atoms with van der Waals surface area (Å²) in [6.07, 6.45) is 2.76. The number of benzene rings is 1. The Morgan fingerprint density at radius 3 is 2.52 bits per heavy atom. The topological polar surface area (TPSA) is 98.5 Å². The van der Waals surface area contributed by atoms with E-state index < -0.39 is 11.9 Å². The third-order valence-electron chi connectivity index (χ3n) is 3.67. The maximum atomic E-state index is 12.4. The predicted molar refractivity (Wildman–Crippen MR) is 85.7 cm³/mol. The first-order valence-electron chi connectivity index (χ1n) is 7.63. The van der Waals surface area contributed by atoms with E-state index in [0.717, 1.165) is 12.8 Å². The van der Waals surface area contributed by atoms with Crippen LogP contribution in [0.15, 0.2) is 35.4 Å². The van der Waals surface area contributed by atoms with Gasteiger partial charge in [-0.3, -0.25) is 9.59 Å². The highest BCUT2D eigenvalue weighted by molar-refractivity contribution is 6.10. The van der Waals surface area contributed by atoms with Crippen LogP contribution in [-0.4, -0.2) is 24.4 Å². The number of esters is 1. The molecule has 0 saturated carbocycles. The van der Waals surface area contributed by atoms with E-state index in [1.54, 1.807) is 31.2 Å². The monoisotopic (exact) mass is 316 g/mol. The minimum absolute atomic E-state index is 0.282. The molecule has 1 aliphatic carbocycles. The maximum absolute atomic E-state index is 12.4. The molecule has 0 atom stereocenters. The fourth-order valence-electron chi connectivity index (χ4n) is 2.57. The molecule has 0 bridgehead atoms. The number of primary amides is 1. The van der Waals surface area contributed by atoms with E-state index >= 15 is 0 Å². The molecule has 0 fully saturated rings. The van der Waals surface area contributed by atoms with Gasteiger partial charge < -0.3 is 15.8 Å². The molecule has 1 aromatic carbocycles. The second-order valence-electron chi connectivity index (χ2n) is 5.28. The molecule has 0 aromatic heterocycles. The average molecular weight is 316 g/mol. The molecule has 6 heteroatoms. The lowest BCUT2D eigenvalue weighted by Crippen LogP contribution is -2.24. The minimum Gasteiger partial charge on any atom is -0.462 e. The zero-order valence-corrected chi connectivity index (χ0v) is 13.1. The number of carbonyl (C=O) groups is 3. The Hall–Kier alpha value is -2.63. The Morgan fingerprint density at radius 2 is 1.87 bits per heavy atom. The largest absolute Gasteiger partial charge is 0.462 e. The van der Waals surface area contributed by atoms with E-state index in [0.29, 0.717) is 35.2 Å². The van der Waals surface area contributed by atoms with E-state index in [-0.39, 0.29) is 12.5 Å². The van der Waals surface area contributed by atoms with Crippen LogP contribution in [0.3, 0.4) is 0 Å². The summed E-state index contributed by atoms with van der Waals surface area (Å²) in [6.45, 7) is 2.01. The fourth-order valence-corrected chi connectivity index (χ4v) is 2.57. The summed E-state index contributed by atoms with van der Waals surface area (Å²) < 4.78 is 4.93. The van der Waals surface area contributed by atoms with Gasteiger partial charge in [-0.1, -0.05) is 6.07 Å². The Labute approximate surface area is 134 Å². The van der Waals surface area contributed by atoms with Crippen molar-refractivity contribution >= 4 is 23.5 Å². The molecular formula is C17H20N2O4. The second-order valence-corrected chi connectivity index (χ2v) is 5.28. The first-order chi connectivity index (χ1) is 11.0. The van der Waals surface area contributed by atoms with Gasteiger partial charge in [-0.2, -0.15) is 0 Å². The molecule has 6 nitrogen and oxygen atoms in total. The van der Waals surface area contributed by atoms with E-state index in [2.05, 4.69) is 5.32 Å². The van der Waals surface area contributed by atoms with E-state index in [4.69, 9.17) is 10.5 Å². The molecule has 1 aliphatic rings. The van der Waals surface area contributed by atoms with Crippen LogP contribution in [0, 0.1) is 0 Å². The zero-order chi connectivity index (χ0) is 16.8. The highest BCUT2D eigenvalue weighted by Crippen LogP contribution is 2.26. The number of nitrogens with one attached hydrogen (secondary N) is 1. The van der Waals surface area contributed by atoms with Gasteiger partial charge in [-0.05, 0) is 50.8 Å². The van der Waals surface area contributed by atoms with Gasteiger partial charge in [0.05, 0.1) is 12.2 Å².